The number of carbonyl (C=O) groups is 1. The molecule has 0 aliphatic carbocycles. The summed E-state index contributed by atoms with van der Waals surface area (Å²) in [4.78, 5) is 24.6. The highest BCUT2D eigenvalue weighted by atomic mass is 32.1. The van der Waals surface area contributed by atoms with E-state index < -0.39 is 5.97 Å². The molecule has 0 aromatic carbocycles. The maximum absolute atomic E-state index is 11.8. The van der Waals surface area contributed by atoms with Crippen LogP contribution in [0.15, 0.2) is 5.38 Å². The number of nitrogen functional groups attached to an aromatic ring is 1. The van der Waals surface area contributed by atoms with Crippen LogP contribution in [0.4, 0.5) is 5.82 Å². The summed E-state index contributed by atoms with van der Waals surface area (Å²) in [6, 6.07) is 0. The van der Waals surface area contributed by atoms with Crippen molar-refractivity contribution in [2.75, 3.05) is 12.3 Å². The molecule has 0 saturated heterocycles. The predicted molar refractivity (Wildman–Crippen MR) is 76.8 cm³/mol. The summed E-state index contributed by atoms with van der Waals surface area (Å²) in [5.41, 5.74) is 7.51. The Labute approximate surface area is 121 Å². The number of rotatable bonds is 4. The van der Waals surface area contributed by atoms with Gasteiger partial charge in [-0.15, -0.1) is 11.3 Å². The van der Waals surface area contributed by atoms with Crippen molar-refractivity contribution in [2.24, 2.45) is 0 Å². The average molecular weight is 292 g/mol. The van der Waals surface area contributed by atoms with Gasteiger partial charge in [-0.3, -0.25) is 0 Å². The monoisotopic (exact) mass is 292 g/mol. The van der Waals surface area contributed by atoms with E-state index in [0.29, 0.717) is 17.9 Å². The van der Waals surface area contributed by atoms with E-state index in [4.69, 9.17) is 10.5 Å². The number of nitrogens with two attached hydrogens (primary N) is 1. The Morgan fingerprint density at radius 2 is 2.10 bits per heavy atom. The topological polar surface area (TPSA) is 91.0 Å². The van der Waals surface area contributed by atoms with Crippen LogP contribution >= 0.6 is 11.3 Å². The molecule has 2 aromatic heterocycles. The number of aryl methyl sites for hydroxylation is 2. The van der Waals surface area contributed by atoms with Crippen molar-refractivity contribution < 1.29 is 9.53 Å². The second-order valence-corrected chi connectivity index (χ2v) is 5.30. The van der Waals surface area contributed by atoms with Crippen LogP contribution in [-0.2, 0) is 11.2 Å². The smallest absolute Gasteiger partial charge is 0.343 e. The molecular weight excluding hydrogens is 276 g/mol. The predicted octanol–water partition coefficient (Wildman–Crippen LogP) is 1.90. The molecule has 106 valence electrons. The second kappa shape index (κ2) is 5.96. The SMILES string of the molecule is CCOC(=O)c1c(C)nc(Cc2csc(C)n2)nc1N. The van der Waals surface area contributed by atoms with E-state index in [2.05, 4.69) is 15.0 Å². The Bertz CT molecular complexity index is 616. The molecule has 0 bridgehead atoms. The summed E-state index contributed by atoms with van der Waals surface area (Å²) in [5.74, 6) is 0.217. The third-order valence-electron chi connectivity index (χ3n) is 2.65. The number of aromatic nitrogens is 3. The molecule has 0 fully saturated rings. The van der Waals surface area contributed by atoms with Crippen molar-refractivity contribution in [3.8, 4) is 0 Å². The lowest BCUT2D eigenvalue weighted by Crippen LogP contribution is -2.14. The Morgan fingerprint density at radius 1 is 1.35 bits per heavy atom. The van der Waals surface area contributed by atoms with E-state index in [1.54, 1.807) is 25.2 Å². The van der Waals surface area contributed by atoms with Crippen LogP contribution in [0.3, 0.4) is 0 Å². The highest BCUT2D eigenvalue weighted by molar-refractivity contribution is 7.09. The first kappa shape index (κ1) is 14.4. The van der Waals surface area contributed by atoms with Crippen molar-refractivity contribution in [3.63, 3.8) is 0 Å². The molecule has 6 nitrogen and oxygen atoms in total. The number of ether oxygens (including phenoxy) is 1. The Kier molecular flexibility index (Phi) is 4.29. The lowest BCUT2D eigenvalue weighted by atomic mass is 10.2. The first-order valence-electron chi connectivity index (χ1n) is 6.22. The van der Waals surface area contributed by atoms with Crippen LogP contribution in [0.25, 0.3) is 0 Å². The van der Waals surface area contributed by atoms with Crippen molar-refractivity contribution in [2.45, 2.75) is 27.2 Å². The van der Waals surface area contributed by atoms with Gasteiger partial charge in [-0.2, -0.15) is 0 Å². The molecule has 0 spiro atoms. The molecule has 20 heavy (non-hydrogen) atoms. The van der Waals surface area contributed by atoms with Gasteiger partial charge < -0.3 is 10.5 Å². The number of thiazole rings is 1. The summed E-state index contributed by atoms with van der Waals surface area (Å²) >= 11 is 1.57. The Morgan fingerprint density at radius 3 is 2.65 bits per heavy atom. The largest absolute Gasteiger partial charge is 0.462 e. The molecule has 7 heteroatoms. The molecule has 0 unspecified atom stereocenters. The third kappa shape index (κ3) is 3.11. The van der Waals surface area contributed by atoms with E-state index in [9.17, 15) is 4.79 Å². The van der Waals surface area contributed by atoms with E-state index in [0.717, 1.165) is 10.7 Å². The fraction of sp³-hybridized carbons (Fsp3) is 0.385. The van der Waals surface area contributed by atoms with E-state index in [-0.39, 0.29) is 18.0 Å². The fourth-order valence-electron chi connectivity index (χ4n) is 1.84. The average Bonchev–Trinajstić information content (AvgIpc) is 2.74. The molecular formula is C13H16N4O2S. The third-order valence-corrected chi connectivity index (χ3v) is 3.47. The summed E-state index contributed by atoms with van der Waals surface area (Å²) in [6.07, 6.45) is 0.498. The maximum Gasteiger partial charge on any atom is 0.343 e. The van der Waals surface area contributed by atoms with E-state index in [1.165, 1.54) is 0 Å². The molecule has 0 saturated carbocycles. The van der Waals surface area contributed by atoms with Gasteiger partial charge in [-0.05, 0) is 20.8 Å². The fourth-order valence-corrected chi connectivity index (χ4v) is 2.45. The minimum Gasteiger partial charge on any atom is -0.462 e. The second-order valence-electron chi connectivity index (χ2n) is 4.24. The number of carbonyl (C=O) groups excluding carboxylic acids is 1. The number of esters is 1. The standard InChI is InChI=1S/C13H16N4O2S/c1-4-19-13(18)11-7(2)15-10(17-12(11)14)5-9-6-20-8(3)16-9/h6H,4-5H2,1-3H3,(H2,14,15,17). The van der Waals surface area contributed by atoms with Crippen molar-refractivity contribution in [1.29, 1.82) is 0 Å². The normalized spacial score (nSPS) is 10.6. The van der Waals surface area contributed by atoms with Gasteiger partial charge in [0.2, 0.25) is 0 Å². The van der Waals surface area contributed by atoms with Gasteiger partial charge in [0.1, 0.15) is 17.2 Å². The van der Waals surface area contributed by atoms with Crippen molar-refractivity contribution in [1.82, 2.24) is 15.0 Å². The van der Waals surface area contributed by atoms with Crippen LogP contribution in [0.1, 0.15) is 39.5 Å². The number of anilines is 1. The van der Waals surface area contributed by atoms with Gasteiger partial charge in [0.25, 0.3) is 0 Å². The first-order valence-corrected chi connectivity index (χ1v) is 7.10. The van der Waals surface area contributed by atoms with Crippen molar-refractivity contribution >= 4 is 23.1 Å². The van der Waals surface area contributed by atoms with Gasteiger partial charge in [0.15, 0.2) is 0 Å². The van der Waals surface area contributed by atoms with Gasteiger partial charge in [0, 0.05) is 5.38 Å². The Hall–Kier alpha value is -2.02. The van der Waals surface area contributed by atoms with Crippen LogP contribution in [-0.4, -0.2) is 27.5 Å². The summed E-state index contributed by atoms with van der Waals surface area (Å²) in [6.45, 7) is 5.69. The molecule has 0 radical (unpaired) electrons. The van der Waals surface area contributed by atoms with Crippen molar-refractivity contribution in [3.05, 3.63) is 33.2 Å². The van der Waals surface area contributed by atoms with Gasteiger partial charge >= 0.3 is 5.97 Å². The summed E-state index contributed by atoms with van der Waals surface area (Å²) in [7, 11) is 0. The van der Waals surface area contributed by atoms with Gasteiger partial charge in [-0.25, -0.2) is 19.7 Å². The molecule has 2 rings (SSSR count). The van der Waals surface area contributed by atoms with Crippen LogP contribution < -0.4 is 5.73 Å². The Balaban J connectivity index is 2.28. The number of hydrogen-bond acceptors (Lipinski definition) is 7. The molecule has 2 N–H and O–H groups in total. The minimum absolute atomic E-state index is 0.151. The molecule has 2 heterocycles. The van der Waals surface area contributed by atoms with Gasteiger partial charge in [-0.1, -0.05) is 0 Å². The lowest BCUT2D eigenvalue weighted by molar-refractivity contribution is 0.0526. The zero-order chi connectivity index (χ0) is 14.7. The zero-order valence-electron chi connectivity index (χ0n) is 11.6. The summed E-state index contributed by atoms with van der Waals surface area (Å²) in [5, 5.41) is 2.96. The molecule has 0 aliphatic heterocycles. The number of nitrogens with zero attached hydrogens (tertiary/aromatic N) is 3. The highest BCUT2D eigenvalue weighted by Crippen LogP contribution is 2.17. The van der Waals surface area contributed by atoms with E-state index >= 15 is 0 Å². The number of hydrogen-bond donors (Lipinski definition) is 1. The van der Waals surface area contributed by atoms with Crippen LogP contribution in [0, 0.1) is 13.8 Å². The molecule has 0 amide bonds. The summed E-state index contributed by atoms with van der Waals surface area (Å²) < 4.78 is 4.94. The quantitative estimate of drug-likeness (QED) is 0.865. The molecule has 2 aromatic rings. The first-order chi connectivity index (χ1) is 9.51. The zero-order valence-corrected chi connectivity index (χ0v) is 12.5. The molecule has 0 aliphatic rings. The minimum atomic E-state index is -0.487. The van der Waals surface area contributed by atoms with E-state index in [1.807, 2.05) is 12.3 Å². The maximum atomic E-state index is 11.8. The lowest BCUT2D eigenvalue weighted by Gasteiger charge is -2.09. The molecule has 0 atom stereocenters. The highest BCUT2D eigenvalue weighted by Gasteiger charge is 2.18. The van der Waals surface area contributed by atoms with Crippen LogP contribution in [0.2, 0.25) is 0 Å². The van der Waals surface area contributed by atoms with Crippen LogP contribution in [0.5, 0.6) is 0 Å². The van der Waals surface area contributed by atoms with Gasteiger partial charge in [0.05, 0.1) is 29.4 Å².